The lowest BCUT2D eigenvalue weighted by Gasteiger charge is -2.13. The fraction of sp³-hybridized carbons (Fsp3) is 0.353. The van der Waals surface area contributed by atoms with Crippen LogP contribution in [0, 0.1) is 0 Å². The van der Waals surface area contributed by atoms with Crippen LogP contribution in [0.15, 0.2) is 24.3 Å². The van der Waals surface area contributed by atoms with Crippen LogP contribution in [0.3, 0.4) is 0 Å². The molecule has 0 spiro atoms. The Hall–Kier alpha value is -2.63. The van der Waals surface area contributed by atoms with Gasteiger partial charge in [0.15, 0.2) is 0 Å². The molecular weight excluding hydrogens is 296 g/mol. The summed E-state index contributed by atoms with van der Waals surface area (Å²) in [5.74, 6) is -0.470. The number of nitrogens with zero attached hydrogens (tertiary/aromatic N) is 1. The molecule has 0 saturated heterocycles. The molecule has 0 bridgehead atoms. The summed E-state index contributed by atoms with van der Waals surface area (Å²) in [5, 5.41) is 12.1. The number of hydrogen-bond acceptors (Lipinski definition) is 4. The van der Waals surface area contributed by atoms with Crippen LogP contribution >= 0.6 is 0 Å². The summed E-state index contributed by atoms with van der Waals surface area (Å²) >= 11 is 0. The summed E-state index contributed by atoms with van der Waals surface area (Å²) in [5.41, 5.74) is 2.03. The van der Waals surface area contributed by atoms with Crippen molar-refractivity contribution in [2.45, 2.75) is 31.7 Å². The van der Waals surface area contributed by atoms with Gasteiger partial charge in [-0.1, -0.05) is 0 Å². The van der Waals surface area contributed by atoms with Crippen LogP contribution in [-0.2, 0) is 4.79 Å². The number of methoxy groups -OCH3 is 1. The van der Waals surface area contributed by atoms with E-state index < -0.39 is 17.9 Å². The van der Waals surface area contributed by atoms with E-state index in [4.69, 9.17) is 9.84 Å². The van der Waals surface area contributed by atoms with Crippen LogP contribution in [0.25, 0.3) is 10.9 Å². The smallest absolute Gasteiger partial charge is 0.325 e. The van der Waals surface area contributed by atoms with E-state index in [1.54, 1.807) is 25.3 Å². The average Bonchev–Trinajstić information content (AvgIpc) is 3.37. The minimum atomic E-state index is -1.07. The summed E-state index contributed by atoms with van der Waals surface area (Å²) in [7, 11) is 1.55. The molecule has 1 aromatic heterocycles. The molecule has 0 radical (unpaired) electrons. The molecule has 1 aliphatic carbocycles. The van der Waals surface area contributed by atoms with Gasteiger partial charge in [0.05, 0.1) is 18.2 Å². The van der Waals surface area contributed by atoms with Crippen molar-refractivity contribution in [2.75, 3.05) is 7.11 Å². The monoisotopic (exact) mass is 314 g/mol. The molecule has 2 N–H and O–H groups in total. The zero-order valence-electron chi connectivity index (χ0n) is 13.0. The Morgan fingerprint density at radius 3 is 2.70 bits per heavy atom. The predicted molar refractivity (Wildman–Crippen MR) is 84.8 cm³/mol. The van der Waals surface area contributed by atoms with Gasteiger partial charge in [-0.25, -0.2) is 0 Å². The first kappa shape index (κ1) is 15.3. The molecule has 3 rings (SSSR count). The number of pyridine rings is 1. The van der Waals surface area contributed by atoms with Crippen LogP contribution in [0.2, 0.25) is 0 Å². The number of carbonyl (C=O) groups is 2. The van der Waals surface area contributed by atoms with Crippen molar-refractivity contribution in [1.82, 2.24) is 10.3 Å². The van der Waals surface area contributed by atoms with Crippen molar-refractivity contribution >= 4 is 22.8 Å². The van der Waals surface area contributed by atoms with Gasteiger partial charge in [-0.2, -0.15) is 0 Å². The molecule has 1 aliphatic rings. The summed E-state index contributed by atoms with van der Waals surface area (Å²) in [6.07, 6.45) is 2.14. The van der Waals surface area contributed by atoms with Crippen LogP contribution in [0.4, 0.5) is 0 Å². The zero-order valence-corrected chi connectivity index (χ0v) is 13.0. The first-order valence-corrected chi connectivity index (χ1v) is 7.52. The number of aromatic nitrogens is 1. The fourth-order valence-corrected chi connectivity index (χ4v) is 2.46. The molecule has 1 fully saturated rings. The van der Waals surface area contributed by atoms with Gasteiger partial charge >= 0.3 is 5.97 Å². The highest BCUT2D eigenvalue weighted by atomic mass is 16.5. The van der Waals surface area contributed by atoms with Gasteiger partial charge in [0.2, 0.25) is 0 Å². The standard InChI is InChI=1S/C17H18N2O4/c1-9(17(21)22)18-16(20)13-8-15(10-3-4-10)19-14-6-5-11(23-2)7-12(13)14/h5-10H,3-4H2,1-2H3,(H,18,20)(H,21,22)/t9-/m0/s1. The summed E-state index contributed by atoms with van der Waals surface area (Å²) in [6.45, 7) is 1.44. The van der Waals surface area contributed by atoms with Gasteiger partial charge in [0, 0.05) is 17.0 Å². The van der Waals surface area contributed by atoms with Gasteiger partial charge in [-0.3, -0.25) is 14.6 Å². The third kappa shape index (κ3) is 3.11. The van der Waals surface area contributed by atoms with Crippen molar-refractivity contribution in [1.29, 1.82) is 0 Å². The van der Waals surface area contributed by atoms with Crippen molar-refractivity contribution in [3.63, 3.8) is 0 Å². The minimum Gasteiger partial charge on any atom is -0.497 e. The van der Waals surface area contributed by atoms with E-state index in [1.165, 1.54) is 6.92 Å². The lowest BCUT2D eigenvalue weighted by atomic mass is 10.0. The van der Waals surface area contributed by atoms with Crippen LogP contribution < -0.4 is 10.1 Å². The zero-order chi connectivity index (χ0) is 16.6. The highest BCUT2D eigenvalue weighted by Crippen LogP contribution is 2.40. The molecule has 1 heterocycles. The molecule has 0 aliphatic heterocycles. The number of fused-ring (bicyclic) bond motifs is 1. The Balaban J connectivity index is 2.07. The van der Waals surface area contributed by atoms with Crippen LogP contribution in [0.5, 0.6) is 5.75 Å². The van der Waals surface area contributed by atoms with E-state index in [9.17, 15) is 9.59 Å². The lowest BCUT2D eigenvalue weighted by molar-refractivity contribution is -0.138. The molecule has 1 aromatic carbocycles. The number of rotatable bonds is 5. The van der Waals surface area contributed by atoms with Gasteiger partial charge in [-0.15, -0.1) is 0 Å². The van der Waals surface area contributed by atoms with Crippen molar-refractivity contribution in [3.05, 3.63) is 35.5 Å². The third-order valence-electron chi connectivity index (χ3n) is 3.99. The highest BCUT2D eigenvalue weighted by molar-refractivity contribution is 6.07. The average molecular weight is 314 g/mol. The molecular formula is C17H18N2O4. The molecule has 0 unspecified atom stereocenters. The molecule has 1 atom stereocenters. The molecule has 6 nitrogen and oxygen atoms in total. The number of carboxylic acid groups (broad SMARTS) is 1. The molecule has 23 heavy (non-hydrogen) atoms. The van der Waals surface area contributed by atoms with Crippen molar-refractivity contribution in [2.24, 2.45) is 0 Å². The highest BCUT2D eigenvalue weighted by Gasteiger charge is 2.27. The quantitative estimate of drug-likeness (QED) is 0.884. The minimum absolute atomic E-state index is 0.393. The van der Waals surface area contributed by atoms with E-state index >= 15 is 0 Å². The van der Waals surface area contributed by atoms with Gasteiger partial charge in [-0.05, 0) is 44.0 Å². The van der Waals surface area contributed by atoms with Gasteiger partial charge in [0.25, 0.3) is 5.91 Å². The van der Waals surface area contributed by atoms with E-state index in [-0.39, 0.29) is 0 Å². The SMILES string of the molecule is COc1ccc2nc(C3CC3)cc(C(=O)N[C@@H](C)C(=O)O)c2c1. The van der Waals surface area contributed by atoms with Crippen LogP contribution in [-0.4, -0.2) is 35.1 Å². The van der Waals surface area contributed by atoms with E-state index in [0.717, 1.165) is 18.5 Å². The van der Waals surface area contributed by atoms with Crippen LogP contribution in [0.1, 0.15) is 41.7 Å². The second-order valence-electron chi connectivity index (χ2n) is 5.79. The second-order valence-corrected chi connectivity index (χ2v) is 5.79. The van der Waals surface area contributed by atoms with E-state index in [1.807, 2.05) is 6.07 Å². The number of ether oxygens (including phenoxy) is 1. The predicted octanol–water partition coefficient (Wildman–Crippen LogP) is 2.32. The van der Waals surface area contributed by atoms with E-state index in [0.29, 0.717) is 28.1 Å². The fourth-order valence-electron chi connectivity index (χ4n) is 2.46. The third-order valence-corrected chi connectivity index (χ3v) is 3.99. The number of hydrogen-bond donors (Lipinski definition) is 2. The van der Waals surface area contributed by atoms with Crippen molar-refractivity contribution in [3.8, 4) is 5.75 Å². The van der Waals surface area contributed by atoms with E-state index in [2.05, 4.69) is 10.3 Å². The second kappa shape index (κ2) is 5.87. The Kier molecular flexibility index (Phi) is 3.90. The normalized spacial score (nSPS) is 15.2. The van der Waals surface area contributed by atoms with Gasteiger partial charge in [0.1, 0.15) is 11.8 Å². The Morgan fingerprint density at radius 2 is 2.09 bits per heavy atom. The Morgan fingerprint density at radius 1 is 1.35 bits per heavy atom. The molecule has 120 valence electrons. The molecule has 1 amide bonds. The Labute approximate surface area is 133 Å². The topological polar surface area (TPSA) is 88.5 Å². The lowest BCUT2D eigenvalue weighted by Crippen LogP contribution is -2.38. The summed E-state index contributed by atoms with van der Waals surface area (Å²) in [6, 6.07) is 6.17. The largest absolute Gasteiger partial charge is 0.497 e. The summed E-state index contributed by atoms with van der Waals surface area (Å²) in [4.78, 5) is 28.1. The van der Waals surface area contributed by atoms with Crippen molar-refractivity contribution < 1.29 is 19.4 Å². The number of nitrogens with one attached hydrogen (secondary N) is 1. The molecule has 6 heteroatoms. The first-order valence-electron chi connectivity index (χ1n) is 7.52. The number of benzene rings is 1. The maximum Gasteiger partial charge on any atom is 0.325 e. The van der Waals surface area contributed by atoms with Gasteiger partial charge < -0.3 is 15.2 Å². The maximum atomic E-state index is 12.5. The molecule has 2 aromatic rings. The number of aliphatic carboxylic acids is 1. The maximum absolute atomic E-state index is 12.5. The number of carboxylic acids is 1. The molecule has 1 saturated carbocycles. The summed E-state index contributed by atoms with van der Waals surface area (Å²) < 4.78 is 5.21. The number of carbonyl (C=O) groups excluding carboxylic acids is 1. The Bertz CT molecular complexity index is 784. The number of amides is 1. The first-order chi connectivity index (χ1) is 11.0.